The third kappa shape index (κ3) is 1.64. The molecule has 1 saturated carbocycles. The monoisotopic (exact) mass is 246 g/mol. The maximum atomic E-state index is 5.45. The predicted octanol–water partition coefficient (Wildman–Crippen LogP) is 3.26. The highest BCUT2D eigenvalue weighted by Crippen LogP contribution is 2.45. The summed E-state index contributed by atoms with van der Waals surface area (Å²) in [4.78, 5) is 2.49. The second kappa shape index (κ2) is 4.38. The molecule has 0 atom stereocenters. The number of nitrogens with one attached hydrogen (secondary N) is 1. The number of fused-ring (bicyclic) bond motifs is 1. The first kappa shape index (κ1) is 11.7. The molecule has 0 aromatic heterocycles. The van der Waals surface area contributed by atoms with E-state index in [9.17, 15) is 0 Å². The van der Waals surface area contributed by atoms with Gasteiger partial charge in [0.15, 0.2) is 0 Å². The molecule has 1 heterocycles. The normalized spacial score (nSPS) is 21.3. The van der Waals surface area contributed by atoms with Crippen molar-refractivity contribution in [2.24, 2.45) is 0 Å². The molecule has 0 saturated heterocycles. The molecule has 2 aliphatic rings. The van der Waals surface area contributed by atoms with Gasteiger partial charge < -0.3 is 15.0 Å². The van der Waals surface area contributed by atoms with E-state index in [0.29, 0.717) is 5.54 Å². The summed E-state index contributed by atoms with van der Waals surface area (Å²) in [7, 11) is 3.98. The summed E-state index contributed by atoms with van der Waals surface area (Å²) in [5.41, 5.74) is 2.75. The number of benzene rings is 1. The summed E-state index contributed by atoms with van der Waals surface area (Å²) in [6, 6.07) is 6.30. The average molecular weight is 246 g/mol. The standard InChI is InChI=1S/C15H22N2O/c1-17-12-7-6-8-13(18-2)14(12)16-11-15(17)9-4-3-5-10-15/h6-8,16H,3-5,9-11H2,1-2H3. The first-order valence-electron chi connectivity index (χ1n) is 6.92. The summed E-state index contributed by atoms with van der Waals surface area (Å²) in [6.07, 6.45) is 6.69. The van der Waals surface area contributed by atoms with Crippen LogP contribution in [0.1, 0.15) is 32.1 Å². The van der Waals surface area contributed by atoms with Crippen molar-refractivity contribution in [2.75, 3.05) is 30.9 Å². The third-order valence-corrected chi connectivity index (χ3v) is 4.68. The molecule has 18 heavy (non-hydrogen) atoms. The van der Waals surface area contributed by atoms with Gasteiger partial charge in [-0.2, -0.15) is 0 Å². The zero-order valence-electron chi connectivity index (χ0n) is 11.3. The highest BCUT2D eigenvalue weighted by atomic mass is 16.5. The number of ether oxygens (including phenoxy) is 1. The minimum absolute atomic E-state index is 0.317. The Hall–Kier alpha value is -1.38. The van der Waals surface area contributed by atoms with Gasteiger partial charge in [0.25, 0.3) is 0 Å². The van der Waals surface area contributed by atoms with Crippen LogP contribution in [0.4, 0.5) is 11.4 Å². The van der Waals surface area contributed by atoms with Gasteiger partial charge in [-0.15, -0.1) is 0 Å². The van der Waals surface area contributed by atoms with Gasteiger partial charge in [-0.05, 0) is 25.0 Å². The maximum absolute atomic E-state index is 5.45. The largest absolute Gasteiger partial charge is 0.495 e. The first-order chi connectivity index (χ1) is 8.77. The van der Waals surface area contributed by atoms with E-state index in [4.69, 9.17) is 4.74 Å². The second-order valence-corrected chi connectivity index (χ2v) is 5.55. The Morgan fingerprint density at radius 3 is 2.72 bits per heavy atom. The lowest BCUT2D eigenvalue weighted by Crippen LogP contribution is -2.55. The quantitative estimate of drug-likeness (QED) is 0.823. The smallest absolute Gasteiger partial charge is 0.144 e. The third-order valence-electron chi connectivity index (χ3n) is 4.68. The number of nitrogens with zero attached hydrogens (tertiary/aromatic N) is 1. The van der Waals surface area contributed by atoms with Gasteiger partial charge >= 0.3 is 0 Å². The van der Waals surface area contributed by atoms with Crippen molar-refractivity contribution in [2.45, 2.75) is 37.6 Å². The second-order valence-electron chi connectivity index (χ2n) is 5.55. The summed E-state index contributed by atoms with van der Waals surface area (Å²) in [5.74, 6) is 0.949. The van der Waals surface area contributed by atoms with Gasteiger partial charge in [-0.25, -0.2) is 0 Å². The fraction of sp³-hybridized carbons (Fsp3) is 0.600. The lowest BCUT2D eigenvalue weighted by molar-refractivity contribution is 0.293. The van der Waals surface area contributed by atoms with Gasteiger partial charge in [0, 0.05) is 13.6 Å². The lowest BCUT2D eigenvalue weighted by atomic mass is 9.79. The molecular weight excluding hydrogens is 224 g/mol. The fourth-order valence-corrected chi connectivity index (χ4v) is 3.50. The number of methoxy groups -OCH3 is 1. The van der Waals surface area contributed by atoms with Crippen molar-refractivity contribution in [3.05, 3.63) is 18.2 Å². The molecule has 3 rings (SSSR count). The Bertz CT molecular complexity index is 438. The SMILES string of the molecule is COc1cccc2c1NCC1(CCCCC1)N2C. The van der Waals surface area contributed by atoms with E-state index in [-0.39, 0.29) is 0 Å². The molecule has 1 fully saturated rings. The number of hydrogen-bond donors (Lipinski definition) is 1. The molecule has 1 aromatic rings. The van der Waals surface area contributed by atoms with Crippen molar-refractivity contribution in [1.29, 1.82) is 0 Å². The van der Waals surface area contributed by atoms with E-state index in [1.165, 1.54) is 37.8 Å². The molecule has 0 bridgehead atoms. The van der Waals surface area contributed by atoms with Crippen LogP contribution in [-0.4, -0.2) is 26.2 Å². The highest BCUT2D eigenvalue weighted by molar-refractivity contribution is 5.79. The maximum Gasteiger partial charge on any atom is 0.144 e. The van der Waals surface area contributed by atoms with Crippen LogP contribution in [0.3, 0.4) is 0 Å². The molecule has 1 aromatic carbocycles. The Balaban J connectivity index is 1.99. The van der Waals surface area contributed by atoms with Crippen molar-refractivity contribution >= 4 is 11.4 Å². The minimum Gasteiger partial charge on any atom is -0.495 e. The van der Waals surface area contributed by atoms with Crippen molar-refractivity contribution in [3.8, 4) is 5.75 Å². The molecule has 1 N–H and O–H groups in total. The molecule has 3 heteroatoms. The van der Waals surface area contributed by atoms with Crippen LogP contribution in [0, 0.1) is 0 Å². The van der Waals surface area contributed by atoms with Gasteiger partial charge in [-0.3, -0.25) is 0 Å². The first-order valence-corrected chi connectivity index (χ1v) is 6.92. The lowest BCUT2D eigenvalue weighted by Gasteiger charge is -2.50. The number of likely N-dealkylation sites (N-methyl/N-ethyl adjacent to an activating group) is 1. The molecule has 1 aliphatic heterocycles. The predicted molar refractivity (Wildman–Crippen MR) is 75.7 cm³/mol. The molecule has 1 spiro atoms. The number of rotatable bonds is 1. The number of para-hydroxylation sites is 1. The van der Waals surface area contributed by atoms with Crippen LogP contribution in [-0.2, 0) is 0 Å². The minimum atomic E-state index is 0.317. The van der Waals surface area contributed by atoms with Crippen LogP contribution in [0.2, 0.25) is 0 Å². The Kier molecular flexibility index (Phi) is 2.84. The van der Waals surface area contributed by atoms with Crippen LogP contribution in [0.15, 0.2) is 18.2 Å². The van der Waals surface area contributed by atoms with Crippen LogP contribution >= 0.6 is 0 Å². The van der Waals surface area contributed by atoms with Gasteiger partial charge in [-0.1, -0.05) is 25.3 Å². The molecule has 98 valence electrons. The van der Waals surface area contributed by atoms with Crippen LogP contribution in [0.5, 0.6) is 5.75 Å². The summed E-state index contributed by atoms with van der Waals surface area (Å²) < 4.78 is 5.45. The molecule has 3 nitrogen and oxygen atoms in total. The Labute approximate surface area is 109 Å². The van der Waals surface area contributed by atoms with Gasteiger partial charge in [0.05, 0.1) is 18.3 Å². The Morgan fingerprint density at radius 1 is 1.22 bits per heavy atom. The van der Waals surface area contributed by atoms with Crippen LogP contribution in [0.25, 0.3) is 0 Å². The van der Waals surface area contributed by atoms with Crippen molar-refractivity contribution < 1.29 is 4.74 Å². The van der Waals surface area contributed by atoms with Gasteiger partial charge in [0.2, 0.25) is 0 Å². The summed E-state index contributed by atoms with van der Waals surface area (Å²) in [6.45, 7) is 1.04. The van der Waals surface area contributed by atoms with E-state index in [0.717, 1.165) is 18.0 Å². The highest BCUT2D eigenvalue weighted by Gasteiger charge is 2.40. The van der Waals surface area contributed by atoms with E-state index < -0.39 is 0 Å². The average Bonchev–Trinajstić information content (AvgIpc) is 2.44. The molecule has 0 radical (unpaired) electrons. The van der Waals surface area contributed by atoms with E-state index in [2.05, 4.69) is 29.4 Å². The molecule has 1 aliphatic carbocycles. The van der Waals surface area contributed by atoms with Gasteiger partial charge in [0.1, 0.15) is 11.4 Å². The molecule has 0 unspecified atom stereocenters. The molecule has 0 amide bonds. The summed E-state index contributed by atoms with van der Waals surface area (Å²) >= 11 is 0. The topological polar surface area (TPSA) is 24.5 Å². The zero-order chi connectivity index (χ0) is 12.6. The van der Waals surface area contributed by atoms with Crippen molar-refractivity contribution in [3.63, 3.8) is 0 Å². The van der Waals surface area contributed by atoms with E-state index in [1.807, 2.05) is 6.07 Å². The van der Waals surface area contributed by atoms with E-state index >= 15 is 0 Å². The van der Waals surface area contributed by atoms with E-state index in [1.54, 1.807) is 7.11 Å². The van der Waals surface area contributed by atoms with Crippen molar-refractivity contribution in [1.82, 2.24) is 0 Å². The summed E-state index contributed by atoms with van der Waals surface area (Å²) in [5, 5.41) is 3.61. The Morgan fingerprint density at radius 2 is 2.00 bits per heavy atom. The number of hydrogen-bond acceptors (Lipinski definition) is 3. The number of anilines is 2. The fourth-order valence-electron chi connectivity index (χ4n) is 3.50. The zero-order valence-corrected chi connectivity index (χ0v) is 11.3. The van der Waals surface area contributed by atoms with Crippen LogP contribution < -0.4 is 15.0 Å². The molecular formula is C15H22N2O.